The second kappa shape index (κ2) is 3.81. The van der Waals surface area contributed by atoms with Crippen LogP contribution in [0.1, 0.15) is 18.9 Å². The number of benzene rings is 1. The molecule has 0 bridgehead atoms. The lowest BCUT2D eigenvalue weighted by molar-refractivity contribution is 0.509. The molecule has 1 rings (SSSR count). The third kappa shape index (κ3) is 2.11. The molecule has 0 saturated heterocycles. The molecule has 1 N–H and O–H groups in total. The summed E-state index contributed by atoms with van der Waals surface area (Å²) in [6, 6.07) is 9.54. The van der Waals surface area contributed by atoms with Gasteiger partial charge in [-0.15, -0.1) is 0 Å². The van der Waals surface area contributed by atoms with Gasteiger partial charge in [0, 0.05) is 5.56 Å². The third-order valence-electron chi connectivity index (χ3n) is 1.47. The van der Waals surface area contributed by atoms with Crippen LogP contribution in [0, 0.1) is 0 Å². The summed E-state index contributed by atoms with van der Waals surface area (Å²) < 4.78 is 0. The summed E-state index contributed by atoms with van der Waals surface area (Å²) in [6.45, 7) is 2.00. The molecule has 0 radical (unpaired) electrons. The van der Waals surface area contributed by atoms with E-state index in [9.17, 15) is 5.11 Å². The predicted molar refractivity (Wildman–Crippen MR) is 47.3 cm³/mol. The zero-order chi connectivity index (χ0) is 8.10. The van der Waals surface area contributed by atoms with Gasteiger partial charge in [0.05, 0.1) is 0 Å². The van der Waals surface area contributed by atoms with Gasteiger partial charge in [-0.3, -0.25) is 0 Å². The first-order chi connectivity index (χ1) is 5.34. The molecular weight excluding hydrogens is 136 g/mol. The van der Waals surface area contributed by atoms with Crippen molar-refractivity contribution in [2.24, 2.45) is 0 Å². The van der Waals surface area contributed by atoms with E-state index in [1.807, 2.05) is 37.3 Å². The van der Waals surface area contributed by atoms with E-state index in [4.69, 9.17) is 0 Å². The van der Waals surface area contributed by atoms with Gasteiger partial charge in [-0.2, -0.15) is 0 Å². The van der Waals surface area contributed by atoms with Crippen molar-refractivity contribution in [2.45, 2.75) is 13.3 Å². The molecule has 0 unspecified atom stereocenters. The molecule has 0 aliphatic heterocycles. The molecule has 0 aliphatic carbocycles. The van der Waals surface area contributed by atoms with Crippen molar-refractivity contribution in [1.29, 1.82) is 0 Å². The van der Waals surface area contributed by atoms with Gasteiger partial charge in [-0.1, -0.05) is 37.3 Å². The monoisotopic (exact) mass is 148 g/mol. The quantitative estimate of drug-likeness (QED) is 0.639. The standard InChI is InChI=1S/C10H12O/c1-2-6-10(11)9-7-4-3-5-8-9/h3-8,11H,2H2,1H3/b10-6-. The molecule has 58 valence electrons. The largest absolute Gasteiger partial charge is 0.508 e. The van der Waals surface area contributed by atoms with E-state index in [1.165, 1.54) is 0 Å². The minimum Gasteiger partial charge on any atom is -0.508 e. The number of aliphatic hydroxyl groups is 1. The lowest BCUT2D eigenvalue weighted by atomic mass is 10.2. The van der Waals surface area contributed by atoms with Crippen LogP contribution in [0.25, 0.3) is 5.76 Å². The molecule has 1 aromatic rings. The Hall–Kier alpha value is -1.24. The maximum atomic E-state index is 9.38. The fourth-order valence-electron chi connectivity index (χ4n) is 0.920. The first kappa shape index (κ1) is 7.86. The summed E-state index contributed by atoms with van der Waals surface area (Å²) in [5.41, 5.74) is 0.884. The smallest absolute Gasteiger partial charge is 0.118 e. The van der Waals surface area contributed by atoms with E-state index in [0.29, 0.717) is 5.76 Å². The van der Waals surface area contributed by atoms with Crippen LogP contribution in [0.4, 0.5) is 0 Å². The second-order valence-corrected chi connectivity index (χ2v) is 2.36. The predicted octanol–water partition coefficient (Wildman–Crippen LogP) is 3.00. The minimum absolute atomic E-state index is 0.369. The van der Waals surface area contributed by atoms with Crippen molar-refractivity contribution >= 4 is 5.76 Å². The molecule has 0 spiro atoms. The van der Waals surface area contributed by atoms with E-state index >= 15 is 0 Å². The molecule has 1 aromatic carbocycles. The van der Waals surface area contributed by atoms with Gasteiger partial charge in [-0.05, 0) is 12.5 Å². The first-order valence-corrected chi connectivity index (χ1v) is 3.79. The Balaban J connectivity index is 2.85. The number of hydrogen-bond acceptors (Lipinski definition) is 1. The van der Waals surface area contributed by atoms with Gasteiger partial charge < -0.3 is 5.11 Å². The van der Waals surface area contributed by atoms with E-state index in [-0.39, 0.29) is 0 Å². The average molecular weight is 148 g/mol. The van der Waals surface area contributed by atoms with Crippen LogP contribution < -0.4 is 0 Å². The third-order valence-corrected chi connectivity index (χ3v) is 1.47. The molecule has 1 nitrogen and oxygen atoms in total. The van der Waals surface area contributed by atoms with Crippen LogP contribution in [-0.2, 0) is 0 Å². The Bertz CT molecular complexity index is 236. The van der Waals surface area contributed by atoms with Gasteiger partial charge >= 0.3 is 0 Å². The van der Waals surface area contributed by atoms with Gasteiger partial charge in [0.1, 0.15) is 5.76 Å². The summed E-state index contributed by atoms with van der Waals surface area (Å²) in [5, 5.41) is 9.38. The molecule has 0 fully saturated rings. The SMILES string of the molecule is CC/C=C(\O)c1ccccc1. The van der Waals surface area contributed by atoms with E-state index in [2.05, 4.69) is 0 Å². The maximum Gasteiger partial charge on any atom is 0.118 e. The Kier molecular flexibility index (Phi) is 2.73. The summed E-state index contributed by atoms with van der Waals surface area (Å²) in [4.78, 5) is 0. The Labute approximate surface area is 67.0 Å². The van der Waals surface area contributed by atoms with Gasteiger partial charge in [0.25, 0.3) is 0 Å². The van der Waals surface area contributed by atoms with Crippen molar-refractivity contribution in [3.05, 3.63) is 42.0 Å². The zero-order valence-electron chi connectivity index (χ0n) is 6.62. The normalized spacial score (nSPS) is 11.5. The van der Waals surface area contributed by atoms with Gasteiger partial charge in [0.15, 0.2) is 0 Å². The van der Waals surface area contributed by atoms with Crippen LogP contribution in [0.5, 0.6) is 0 Å². The maximum absolute atomic E-state index is 9.38. The van der Waals surface area contributed by atoms with Crippen molar-refractivity contribution < 1.29 is 5.11 Å². The highest BCUT2D eigenvalue weighted by molar-refractivity contribution is 5.57. The Morgan fingerprint density at radius 3 is 2.55 bits per heavy atom. The lowest BCUT2D eigenvalue weighted by Crippen LogP contribution is -1.80. The van der Waals surface area contributed by atoms with Crippen LogP contribution in [-0.4, -0.2) is 5.11 Å². The fourth-order valence-corrected chi connectivity index (χ4v) is 0.920. The molecule has 1 heteroatoms. The Morgan fingerprint density at radius 1 is 1.36 bits per heavy atom. The summed E-state index contributed by atoms with van der Waals surface area (Å²) in [7, 11) is 0. The summed E-state index contributed by atoms with van der Waals surface area (Å²) in [5.74, 6) is 0.369. The molecule has 0 atom stereocenters. The van der Waals surface area contributed by atoms with Crippen molar-refractivity contribution in [3.63, 3.8) is 0 Å². The zero-order valence-corrected chi connectivity index (χ0v) is 6.62. The molecule has 0 aromatic heterocycles. The number of hydrogen-bond donors (Lipinski definition) is 1. The van der Waals surface area contributed by atoms with Crippen molar-refractivity contribution in [3.8, 4) is 0 Å². The number of rotatable bonds is 2. The average Bonchev–Trinajstić information content (AvgIpc) is 2.07. The molecule has 11 heavy (non-hydrogen) atoms. The van der Waals surface area contributed by atoms with E-state index < -0.39 is 0 Å². The first-order valence-electron chi connectivity index (χ1n) is 3.79. The van der Waals surface area contributed by atoms with Crippen LogP contribution in [0.15, 0.2) is 36.4 Å². The molecule has 0 aliphatic rings. The molecule has 0 heterocycles. The van der Waals surface area contributed by atoms with E-state index in [1.54, 1.807) is 6.08 Å². The number of allylic oxidation sites excluding steroid dienone is 1. The van der Waals surface area contributed by atoms with Gasteiger partial charge in [0.2, 0.25) is 0 Å². The van der Waals surface area contributed by atoms with Crippen LogP contribution in [0.3, 0.4) is 0 Å². The topological polar surface area (TPSA) is 20.2 Å². The molecule has 0 amide bonds. The van der Waals surface area contributed by atoms with Crippen molar-refractivity contribution in [2.75, 3.05) is 0 Å². The lowest BCUT2D eigenvalue weighted by Gasteiger charge is -1.97. The minimum atomic E-state index is 0.369. The summed E-state index contributed by atoms with van der Waals surface area (Å²) >= 11 is 0. The highest BCUT2D eigenvalue weighted by atomic mass is 16.3. The van der Waals surface area contributed by atoms with Gasteiger partial charge in [-0.25, -0.2) is 0 Å². The fraction of sp³-hybridized carbons (Fsp3) is 0.200. The second-order valence-electron chi connectivity index (χ2n) is 2.36. The highest BCUT2D eigenvalue weighted by Gasteiger charge is 1.93. The highest BCUT2D eigenvalue weighted by Crippen LogP contribution is 2.10. The van der Waals surface area contributed by atoms with Crippen molar-refractivity contribution in [1.82, 2.24) is 0 Å². The number of aliphatic hydroxyl groups excluding tert-OH is 1. The molecule has 0 saturated carbocycles. The van der Waals surface area contributed by atoms with Crippen LogP contribution >= 0.6 is 0 Å². The Morgan fingerprint density at radius 2 is 2.00 bits per heavy atom. The van der Waals surface area contributed by atoms with Crippen LogP contribution in [0.2, 0.25) is 0 Å². The summed E-state index contributed by atoms with van der Waals surface area (Å²) in [6.07, 6.45) is 2.66. The molecular formula is C10H12O. The van der Waals surface area contributed by atoms with E-state index in [0.717, 1.165) is 12.0 Å².